The maximum atomic E-state index is 12.5. The third-order valence-electron chi connectivity index (χ3n) is 4.67. The number of rotatable bonds is 6. The molecule has 0 atom stereocenters. The molecule has 0 aliphatic rings. The zero-order valence-corrected chi connectivity index (χ0v) is 16.9. The molecule has 4 rings (SSSR count). The first-order valence-corrected chi connectivity index (χ1v) is 9.42. The largest absolute Gasteiger partial charge is 0.502 e. The van der Waals surface area contributed by atoms with Gasteiger partial charge in [0.05, 0.1) is 31.5 Å². The first-order chi connectivity index (χ1) is 15.1. The van der Waals surface area contributed by atoms with Crippen molar-refractivity contribution in [2.24, 2.45) is 5.10 Å². The van der Waals surface area contributed by atoms with Gasteiger partial charge in [-0.15, -0.1) is 0 Å². The van der Waals surface area contributed by atoms with Crippen LogP contribution in [0, 0.1) is 0 Å². The Morgan fingerprint density at radius 1 is 1.06 bits per heavy atom. The molecule has 0 saturated carbocycles. The number of imidazole rings is 1. The Kier molecular flexibility index (Phi) is 5.53. The maximum Gasteiger partial charge on any atom is 0.271 e. The second-order valence-electron chi connectivity index (χ2n) is 6.66. The summed E-state index contributed by atoms with van der Waals surface area (Å²) < 4.78 is 10.2. The van der Waals surface area contributed by atoms with Crippen LogP contribution in [0.15, 0.2) is 65.8 Å². The Balaban J connectivity index is 1.51. The van der Waals surface area contributed by atoms with E-state index in [4.69, 9.17) is 9.47 Å². The predicted octanol–water partition coefficient (Wildman–Crippen LogP) is 3.72. The van der Waals surface area contributed by atoms with Crippen molar-refractivity contribution in [3.63, 3.8) is 0 Å². The minimum Gasteiger partial charge on any atom is -0.502 e. The van der Waals surface area contributed by atoms with Gasteiger partial charge in [-0.05, 0) is 30.3 Å². The average Bonchev–Trinajstić information content (AvgIpc) is 3.24. The standard InChI is InChI=1S/C23H20N4O4/c1-30-19-10-14(11-20(31-2)21(19)28)13-24-27-23(29)16-8-9-17-18(12-16)26-22(25-17)15-6-4-3-5-7-15/h3-13,28H,1-2H3,(H,25,26)(H,27,29)/b24-13+. The van der Waals surface area contributed by atoms with Crippen LogP contribution in [0.25, 0.3) is 22.4 Å². The number of phenolic OH excluding ortho intramolecular Hbond substituents is 1. The molecule has 8 heteroatoms. The van der Waals surface area contributed by atoms with Crippen molar-refractivity contribution in [1.29, 1.82) is 0 Å². The molecule has 0 radical (unpaired) electrons. The van der Waals surface area contributed by atoms with E-state index in [1.807, 2.05) is 30.3 Å². The van der Waals surface area contributed by atoms with Gasteiger partial charge in [0, 0.05) is 16.7 Å². The fraction of sp³-hybridized carbons (Fsp3) is 0.0870. The van der Waals surface area contributed by atoms with Crippen molar-refractivity contribution in [3.05, 3.63) is 71.8 Å². The second-order valence-corrected chi connectivity index (χ2v) is 6.66. The number of hydrazone groups is 1. The minimum atomic E-state index is -0.369. The number of carbonyl (C=O) groups excluding carboxylic acids is 1. The summed E-state index contributed by atoms with van der Waals surface area (Å²) >= 11 is 0. The summed E-state index contributed by atoms with van der Waals surface area (Å²) in [5, 5.41) is 14.0. The van der Waals surface area contributed by atoms with Gasteiger partial charge in [-0.1, -0.05) is 30.3 Å². The molecule has 3 N–H and O–H groups in total. The summed E-state index contributed by atoms with van der Waals surface area (Å²) in [5.74, 6) is 0.749. The number of hydrogen-bond donors (Lipinski definition) is 3. The first-order valence-electron chi connectivity index (χ1n) is 9.42. The molecule has 8 nitrogen and oxygen atoms in total. The van der Waals surface area contributed by atoms with Crippen LogP contribution in [-0.2, 0) is 0 Å². The first kappa shape index (κ1) is 20.0. The lowest BCUT2D eigenvalue weighted by atomic mass is 10.2. The van der Waals surface area contributed by atoms with Gasteiger partial charge in [-0.3, -0.25) is 4.79 Å². The molecule has 0 spiro atoms. The topological polar surface area (TPSA) is 109 Å². The number of aromatic amines is 1. The zero-order valence-electron chi connectivity index (χ0n) is 16.9. The average molecular weight is 416 g/mol. The molecule has 0 saturated heterocycles. The second kappa shape index (κ2) is 8.58. The van der Waals surface area contributed by atoms with Gasteiger partial charge in [-0.2, -0.15) is 5.10 Å². The van der Waals surface area contributed by atoms with Crippen molar-refractivity contribution >= 4 is 23.2 Å². The Morgan fingerprint density at radius 3 is 2.45 bits per heavy atom. The lowest BCUT2D eigenvalue weighted by Gasteiger charge is -2.09. The van der Waals surface area contributed by atoms with E-state index >= 15 is 0 Å². The van der Waals surface area contributed by atoms with E-state index in [9.17, 15) is 9.90 Å². The highest BCUT2D eigenvalue weighted by molar-refractivity contribution is 5.98. The molecule has 31 heavy (non-hydrogen) atoms. The minimum absolute atomic E-state index is 0.103. The van der Waals surface area contributed by atoms with E-state index in [0.29, 0.717) is 11.1 Å². The molecule has 0 bridgehead atoms. The van der Waals surface area contributed by atoms with E-state index in [1.165, 1.54) is 20.4 Å². The molecular formula is C23H20N4O4. The third kappa shape index (κ3) is 4.18. The number of fused-ring (bicyclic) bond motifs is 1. The van der Waals surface area contributed by atoms with E-state index in [2.05, 4.69) is 20.5 Å². The molecular weight excluding hydrogens is 396 g/mol. The number of phenols is 1. The van der Waals surface area contributed by atoms with Crippen LogP contribution in [0.5, 0.6) is 17.2 Å². The summed E-state index contributed by atoms with van der Waals surface area (Å²) in [5.41, 5.74) is 6.00. The molecule has 1 heterocycles. The van der Waals surface area contributed by atoms with Crippen LogP contribution in [-0.4, -0.2) is 41.4 Å². The fourth-order valence-corrected chi connectivity index (χ4v) is 3.10. The molecule has 3 aromatic carbocycles. The van der Waals surface area contributed by atoms with Crippen LogP contribution >= 0.6 is 0 Å². The number of H-pyrrole nitrogens is 1. The number of amides is 1. The number of hydrogen-bond acceptors (Lipinski definition) is 6. The molecule has 4 aromatic rings. The number of aromatic nitrogens is 2. The third-order valence-corrected chi connectivity index (χ3v) is 4.67. The Bertz CT molecular complexity index is 1240. The highest BCUT2D eigenvalue weighted by Crippen LogP contribution is 2.36. The number of carbonyl (C=O) groups is 1. The van der Waals surface area contributed by atoms with Crippen molar-refractivity contribution in [2.45, 2.75) is 0 Å². The lowest BCUT2D eigenvalue weighted by Crippen LogP contribution is -2.17. The summed E-state index contributed by atoms with van der Waals surface area (Å²) in [6.07, 6.45) is 1.44. The molecule has 0 fully saturated rings. The predicted molar refractivity (Wildman–Crippen MR) is 118 cm³/mol. The van der Waals surface area contributed by atoms with Gasteiger partial charge in [-0.25, -0.2) is 10.4 Å². The SMILES string of the molecule is COc1cc(/C=N/NC(=O)c2ccc3nc(-c4ccccc4)[nH]c3c2)cc(OC)c1O. The quantitative estimate of drug-likeness (QED) is 0.328. The van der Waals surface area contributed by atoms with Gasteiger partial charge in [0.2, 0.25) is 5.75 Å². The van der Waals surface area contributed by atoms with Gasteiger partial charge >= 0.3 is 0 Å². The number of benzene rings is 3. The van der Waals surface area contributed by atoms with Crippen molar-refractivity contribution in [3.8, 4) is 28.6 Å². The van der Waals surface area contributed by atoms with Crippen molar-refractivity contribution < 1.29 is 19.4 Å². The van der Waals surface area contributed by atoms with Crippen molar-refractivity contribution in [1.82, 2.24) is 15.4 Å². The zero-order chi connectivity index (χ0) is 21.8. The molecule has 1 aromatic heterocycles. The smallest absolute Gasteiger partial charge is 0.271 e. The summed E-state index contributed by atoms with van der Waals surface area (Å²) in [7, 11) is 2.87. The van der Waals surface area contributed by atoms with E-state index in [0.717, 1.165) is 22.4 Å². The Morgan fingerprint density at radius 2 is 1.77 bits per heavy atom. The molecule has 0 aliphatic heterocycles. The Hall–Kier alpha value is -4.33. The molecule has 0 aliphatic carbocycles. The number of methoxy groups -OCH3 is 2. The van der Waals surface area contributed by atoms with Gasteiger partial charge < -0.3 is 19.6 Å². The van der Waals surface area contributed by atoms with Gasteiger partial charge in [0.25, 0.3) is 5.91 Å². The van der Waals surface area contributed by atoms with Crippen molar-refractivity contribution in [2.75, 3.05) is 14.2 Å². The maximum absolute atomic E-state index is 12.5. The lowest BCUT2D eigenvalue weighted by molar-refractivity contribution is 0.0955. The molecule has 156 valence electrons. The van der Waals surface area contributed by atoms with Crippen LogP contribution < -0.4 is 14.9 Å². The summed E-state index contributed by atoms with van der Waals surface area (Å²) in [6.45, 7) is 0. The van der Waals surface area contributed by atoms with E-state index < -0.39 is 0 Å². The number of aromatic hydroxyl groups is 1. The molecule has 1 amide bonds. The van der Waals surface area contributed by atoms with E-state index in [1.54, 1.807) is 30.3 Å². The number of nitrogens with zero attached hydrogens (tertiary/aromatic N) is 2. The summed E-state index contributed by atoms with van der Waals surface area (Å²) in [6, 6.07) is 18.1. The van der Waals surface area contributed by atoms with Gasteiger partial charge in [0.15, 0.2) is 11.5 Å². The Labute approximate surface area is 178 Å². The van der Waals surface area contributed by atoms with Crippen LogP contribution in [0.1, 0.15) is 15.9 Å². The monoisotopic (exact) mass is 416 g/mol. The normalized spacial score (nSPS) is 11.0. The number of ether oxygens (including phenoxy) is 2. The highest BCUT2D eigenvalue weighted by Gasteiger charge is 2.11. The summed E-state index contributed by atoms with van der Waals surface area (Å²) in [4.78, 5) is 20.3. The highest BCUT2D eigenvalue weighted by atomic mass is 16.5. The fourth-order valence-electron chi connectivity index (χ4n) is 3.10. The van der Waals surface area contributed by atoms with Crippen LogP contribution in [0.4, 0.5) is 0 Å². The van der Waals surface area contributed by atoms with Crippen LogP contribution in [0.2, 0.25) is 0 Å². The number of nitrogens with one attached hydrogen (secondary N) is 2. The molecule has 0 unspecified atom stereocenters. The van der Waals surface area contributed by atoms with Gasteiger partial charge in [0.1, 0.15) is 5.82 Å². The van der Waals surface area contributed by atoms with Crippen LogP contribution in [0.3, 0.4) is 0 Å². The van der Waals surface area contributed by atoms with E-state index in [-0.39, 0.29) is 23.2 Å².